The predicted octanol–water partition coefficient (Wildman–Crippen LogP) is 1.12. The van der Waals surface area contributed by atoms with Gasteiger partial charge >= 0.3 is 0 Å². The van der Waals surface area contributed by atoms with Crippen LogP contribution in [0.5, 0.6) is 0 Å². The monoisotopic (exact) mass is 122 g/mol. The third-order valence-electron chi connectivity index (χ3n) is 1.50. The van der Waals surface area contributed by atoms with E-state index >= 15 is 0 Å². The highest BCUT2D eigenvalue weighted by molar-refractivity contribution is 5.01. The Hall–Kier alpha value is -0.970. The third kappa shape index (κ3) is 1.77. The number of rotatable bonds is 1. The normalized spacial score (nSPS) is 18.8. The van der Waals surface area contributed by atoms with E-state index in [0.29, 0.717) is 0 Å². The van der Waals surface area contributed by atoms with Crippen LogP contribution in [0, 0.1) is 11.3 Å². The molecule has 0 unspecified atom stereocenters. The number of allylic oxidation sites excluding steroid dienone is 1. The van der Waals surface area contributed by atoms with Crippen LogP contribution in [0.1, 0.15) is 12.8 Å². The molecule has 1 rings (SSSR count). The van der Waals surface area contributed by atoms with E-state index in [9.17, 15) is 0 Å². The lowest BCUT2D eigenvalue weighted by Gasteiger charge is -2.07. The van der Waals surface area contributed by atoms with Crippen LogP contribution < -0.4 is 0 Å². The average molecular weight is 122 g/mol. The van der Waals surface area contributed by atoms with E-state index in [1.165, 1.54) is 18.9 Å². The first-order chi connectivity index (χ1) is 4.43. The number of hydrogen-bond acceptors (Lipinski definition) is 2. The molecule has 0 saturated carbocycles. The molecule has 0 radical (unpaired) electrons. The second kappa shape index (κ2) is 3.13. The van der Waals surface area contributed by atoms with Crippen LogP contribution in [-0.2, 0) is 0 Å². The third-order valence-corrected chi connectivity index (χ3v) is 1.50. The molecule has 2 heteroatoms. The van der Waals surface area contributed by atoms with Gasteiger partial charge in [0.15, 0.2) is 0 Å². The molecule has 1 saturated heterocycles. The van der Waals surface area contributed by atoms with Crippen molar-refractivity contribution < 1.29 is 0 Å². The molecule has 9 heavy (non-hydrogen) atoms. The molecule has 48 valence electrons. The van der Waals surface area contributed by atoms with Gasteiger partial charge in [0, 0.05) is 25.4 Å². The summed E-state index contributed by atoms with van der Waals surface area (Å²) < 4.78 is 0. The van der Waals surface area contributed by atoms with Gasteiger partial charge in [0.05, 0.1) is 6.07 Å². The molecule has 0 aromatic carbocycles. The zero-order chi connectivity index (χ0) is 6.53. The van der Waals surface area contributed by atoms with Crippen LogP contribution in [0.15, 0.2) is 12.3 Å². The summed E-state index contributed by atoms with van der Waals surface area (Å²) in [6, 6.07) is 1.97. The van der Waals surface area contributed by atoms with Crippen LogP contribution in [0.3, 0.4) is 0 Å². The summed E-state index contributed by atoms with van der Waals surface area (Å²) in [5.41, 5.74) is 0. The molecule has 0 atom stereocenters. The zero-order valence-corrected chi connectivity index (χ0v) is 5.38. The average Bonchev–Trinajstić information content (AvgIpc) is 2.34. The van der Waals surface area contributed by atoms with E-state index < -0.39 is 0 Å². The Labute approximate surface area is 55.4 Å². The van der Waals surface area contributed by atoms with E-state index in [-0.39, 0.29) is 0 Å². The molecule has 1 aliphatic rings. The standard InChI is InChI=1S/C7H10N2/c8-4-3-7-9-5-1-2-6-9/h3,7H,1-2,5-6H2/b7-3-. The van der Waals surface area contributed by atoms with E-state index in [0.717, 1.165) is 13.1 Å². The molecular formula is C7H10N2. The summed E-state index contributed by atoms with van der Waals surface area (Å²) in [4.78, 5) is 2.17. The van der Waals surface area contributed by atoms with Gasteiger partial charge in [-0.25, -0.2) is 0 Å². The smallest absolute Gasteiger partial charge is 0.0927 e. The van der Waals surface area contributed by atoms with Crippen LogP contribution >= 0.6 is 0 Å². The van der Waals surface area contributed by atoms with Gasteiger partial charge in [-0.2, -0.15) is 5.26 Å². The Morgan fingerprint density at radius 2 is 2.00 bits per heavy atom. The number of nitrogens with zero attached hydrogens (tertiary/aromatic N) is 2. The molecule has 0 amide bonds. The van der Waals surface area contributed by atoms with E-state index in [4.69, 9.17) is 5.26 Å². The Balaban J connectivity index is 2.28. The maximum atomic E-state index is 8.16. The van der Waals surface area contributed by atoms with Crippen LogP contribution in [-0.4, -0.2) is 18.0 Å². The first-order valence-corrected chi connectivity index (χ1v) is 3.24. The summed E-state index contributed by atoms with van der Waals surface area (Å²) in [7, 11) is 0. The minimum atomic E-state index is 1.12. The quantitative estimate of drug-likeness (QED) is 0.487. The molecule has 0 aromatic rings. The van der Waals surface area contributed by atoms with E-state index in [1.54, 1.807) is 0 Å². The lowest BCUT2D eigenvalue weighted by molar-refractivity contribution is 0.468. The highest BCUT2D eigenvalue weighted by Gasteiger charge is 2.05. The topological polar surface area (TPSA) is 27.0 Å². The fourth-order valence-corrected chi connectivity index (χ4v) is 1.03. The largest absolute Gasteiger partial charge is 0.377 e. The van der Waals surface area contributed by atoms with Crippen molar-refractivity contribution in [2.24, 2.45) is 0 Å². The second-order valence-electron chi connectivity index (χ2n) is 2.19. The van der Waals surface area contributed by atoms with Crippen molar-refractivity contribution in [2.75, 3.05) is 13.1 Å². The fraction of sp³-hybridized carbons (Fsp3) is 0.571. The molecule has 1 fully saturated rings. The molecule has 0 N–H and O–H groups in total. The highest BCUT2D eigenvalue weighted by Crippen LogP contribution is 2.06. The van der Waals surface area contributed by atoms with E-state index in [2.05, 4.69) is 4.90 Å². The number of hydrogen-bond donors (Lipinski definition) is 0. The zero-order valence-electron chi connectivity index (χ0n) is 5.38. The Morgan fingerprint density at radius 1 is 1.33 bits per heavy atom. The van der Waals surface area contributed by atoms with Crippen LogP contribution in [0.4, 0.5) is 0 Å². The molecule has 1 heterocycles. The molecule has 0 aromatic heterocycles. The first kappa shape index (κ1) is 6.15. The summed E-state index contributed by atoms with van der Waals surface area (Å²) in [6.07, 6.45) is 5.95. The summed E-state index contributed by atoms with van der Waals surface area (Å²) >= 11 is 0. The summed E-state index contributed by atoms with van der Waals surface area (Å²) in [6.45, 7) is 2.25. The maximum absolute atomic E-state index is 8.16. The minimum absolute atomic E-state index is 1.12. The van der Waals surface area contributed by atoms with Gasteiger partial charge in [-0.1, -0.05) is 0 Å². The summed E-state index contributed by atoms with van der Waals surface area (Å²) in [5.74, 6) is 0. The first-order valence-electron chi connectivity index (χ1n) is 3.24. The summed E-state index contributed by atoms with van der Waals surface area (Å²) in [5, 5.41) is 8.16. The molecule has 1 aliphatic heterocycles. The molecule has 2 nitrogen and oxygen atoms in total. The van der Waals surface area contributed by atoms with Gasteiger partial charge in [-0.05, 0) is 12.8 Å². The van der Waals surface area contributed by atoms with Gasteiger partial charge in [-0.3, -0.25) is 0 Å². The van der Waals surface area contributed by atoms with Crippen molar-refractivity contribution in [3.05, 3.63) is 12.3 Å². The predicted molar refractivity (Wildman–Crippen MR) is 35.6 cm³/mol. The van der Waals surface area contributed by atoms with Crippen molar-refractivity contribution >= 4 is 0 Å². The van der Waals surface area contributed by atoms with Gasteiger partial charge < -0.3 is 4.90 Å². The Bertz CT molecular complexity index is 137. The lowest BCUT2D eigenvalue weighted by atomic mass is 10.4. The van der Waals surface area contributed by atoms with E-state index in [1.807, 2.05) is 12.3 Å². The van der Waals surface area contributed by atoms with Crippen molar-refractivity contribution in [3.8, 4) is 6.07 Å². The van der Waals surface area contributed by atoms with Gasteiger partial charge in [0.25, 0.3) is 0 Å². The molecular weight excluding hydrogens is 112 g/mol. The number of nitriles is 1. The maximum Gasteiger partial charge on any atom is 0.0927 e. The number of likely N-dealkylation sites (tertiary alicyclic amines) is 1. The van der Waals surface area contributed by atoms with Crippen LogP contribution in [0.2, 0.25) is 0 Å². The van der Waals surface area contributed by atoms with Gasteiger partial charge in [-0.15, -0.1) is 0 Å². The highest BCUT2D eigenvalue weighted by atomic mass is 15.1. The van der Waals surface area contributed by atoms with Crippen molar-refractivity contribution in [1.82, 2.24) is 4.90 Å². The van der Waals surface area contributed by atoms with Crippen molar-refractivity contribution in [2.45, 2.75) is 12.8 Å². The van der Waals surface area contributed by atoms with Gasteiger partial charge in [0.2, 0.25) is 0 Å². The molecule has 0 bridgehead atoms. The Kier molecular flexibility index (Phi) is 2.14. The minimum Gasteiger partial charge on any atom is -0.377 e. The Morgan fingerprint density at radius 3 is 2.56 bits per heavy atom. The van der Waals surface area contributed by atoms with Crippen molar-refractivity contribution in [1.29, 1.82) is 5.26 Å². The van der Waals surface area contributed by atoms with Crippen LogP contribution in [0.25, 0.3) is 0 Å². The second-order valence-corrected chi connectivity index (χ2v) is 2.19. The van der Waals surface area contributed by atoms with Gasteiger partial charge in [0.1, 0.15) is 0 Å². The SMILES string of the molecule is N#C/C=C\N1CCCC1. The fourth-order valence-electron chi connectivity index (χ4n) is 1.03. The van der Waals surface area contributed by atoms with Crippen molar-refractivity contribution in [3.63, 3.8) is 0 Å². The lowest BCUT2D eigenvalue weighted by Crippen LogP contribution is -2.09. The molecule has 0 spiro atoms. The molecule has 0 aliphatic carbocycles.